The van der Waals surface area contributed by atoms with E-state index in [2.05, 4.69) is 25.4 Å². The van der Waals surface area contributed by atoms with Crippen molar-refractivity contribution in [3.63, 3.8) is 0 Å². The van der Waals surface area contributed by atoms with Gasteiger partial charge in [0.05, 0.1) is 7.11 Å². The SMILES string of the molecule is COc1ccc(OC(C)C(=O)Nc2cc(-n3cncn3)ncn2)cc1. The van der Waals surface area contributed by atoms with Gasteiger partial charge in [-0.1, -0.05) is 0 Å². The third-order valence-electron chi connectivity index (χ3n) is 3.30. The Bertz CT molecular complexity index is 835. The number of anilines is 1. The summed E-state index contributed by atoms with van der Waals surface area (Å²) >= 11 is 0. The number of rotatable bonds is 6. The van der Waals surface area contributed by atoms with Gasteiger partial charge in [0.25, 0.3) is 5.91 Å². The first-order valence-corrected chi connectivity index (χ1v) is 7.44. The minimum absolute atomic E-state index is 0.334. The predicted molar refractivity (Wildman–Crippen MR) is 88.7 cm³/mol. The van der Waals surface area contributed by atoms with Crippen molar-refractivity contribution >= 4 is 11.7 Å². The van der Waals surface area contributed by atoms with Crippen LogP contribution >= 0.6 is 0 Å². The van der Waals surface area contributed by atoms with Crippen LogP contribution in [-0.4, -0.2) is 43.9 Å². The first-order valence-electron chi connectivity index (χ1n) is 7.44. The Morgan fingerprint density at radius 2 is 1.92 bits per heavy atom. The van der Waals surface area contributed by atoms with Gasteiger partial charge in [0.15, 0.2) is 11.9 Å². The molecule has 1 aromatic carbocycles. The Hall–Kier alpha value is -3.49. The summed E-state index contributed by atoms with van der Waals surface area (Å²) in [6.45, 7) is 1.65. The highest BCUT2D eigenvalue weighted by molar-refractivity contribution is 5.93. The number of carbonyl (C=O) groups excluding carboxylic acids is 1. The summed E-state index contributed by atoms with van der Waals surface area (Å²) in [7, 11) is 1.58. The third kappa shape index (κ3) is 4.08. The van der Waals surface area contributed by atoms with Crippen molar-refractivity contribution in [3.05, 3.63) is 49.3 Å². The lowest BCUT2D eigenvalue weighted by Crippen LogP contribution is -2.30. The van der Waals surface area contributed by atoms with Crippen LogP contribution in [0.4, 0.5) is 5.82 Å². The molecule has 0 aliphatic heterocycles. The summed E-state index contributed by atoms with van der Waals surface area (Å²) in [6, 6.07) is 8.57. The highest BCUT2D eigenvalue weighted by atomic mass is 16.5. The average Bonchev–Trinajstić information content (AvgIpc) is 3.17. The third-order valence-corrected chi connectivity index (χ3v) is 3.30. The van der Waals surface area contributed by atoms with Crippen molar-refractivity contribution < 1.29 is 14.3 Å². The van der Waals surface area contributed by atoms with Crippen molar-refractivity contribution in [1.29, 1.82) is 0 Å². The Morgan fingerprint density at radius 3 is 2.60 bits per heavy atom. The predicted octanol–water partition coefficient (Wildman–Crippen LogP) is 1.47. The molecule has 0 radical (unpaired) electrons. The van der Waals surface area contributed by atoms with Gasteiger partial charge in [-0.25, -0.2) is 19.6 Å². The van der Waals surface area contributed by atoms with Crippen LogP contribution in [0.5, 0.6) is 11.5 Å². The van der Waals surface area contributed by atoms with E-state index in [-0.39, 0.29) is 5.91 Å². The molecule has 3 rings (SSSR count). The summed E-state index contributed by atoms with van der Waals surface area (Å²) in [5, 5.41) is 6.67. The van der Waals surface area contributed by atoms with Crippen LogP contribution in [0.25, 0.3) is 5.82 Å². The lowest BCUT2D eigenvalue weighted by Gasteiger charge is -2.14. The first kappa shape index (κ1) is 16.4. The molecule has 25 heavy (non-hydrogen) atoms. The number of ether oxygens (including phenoxy) is 2. The van der Waals surface area contributed by atoms with Gasteiger partial charge in [0, 0.05) is 6.07 Å². The number of methoxy groups -OCH3 is 1. The second-order valence-corrected chi connectivity index (χ2v) is 5.03. The second kappa shape index (κ2) is 7.39. The van der Waals surface area contributed by atoms with E-state index in [9.17, 15) is 4.79 Å². The maximum Gasteiger partial charge on any atom is 0.266 e. The fourth-order valence-corrected chi connectivity index (χ4v) is 2.01. The molecular formula is C16H16N6O3. The van der Waals surface area contributed by atoms with Gasteiger partial charge in [-0.3, -0.25) is 4.79 Å². The Balaban J connectivity index is 1.64. The molecule has 1 atom stereocenters. The number of amides is 1. The van der Waals surface area contributed by atoms with E-state index in [1.165, 1.54) is 23.7 Å². The van der Waals surface area contributed by atoms with E-state index in [1.807, 2.05) is 0 Å². The van der Waals surface area contributed by atoms with E-state index in [1.54, 1.807) is 44.4 Å². The van der Waals surface area contributed by atoms with Crippen LogP contribution in [0, 0.1) is 0 Å². The number of nitrogens with zero attached hydrogens (tertiary/aromatic N) is 5. The zero-order valence-electron chi connectivity index (χ0n) is 13.7. The molecule has 0 spiro atoms. The molecule has 128 valence electrons. The Labute approximate surface area is 143 Å². The standard InChI is InChI=1S/C16H16N6O3/c1-11(25-13-5-3-12(24-2)4-6-13)16(23)21-14-7-15(19-9-18-14)22-10-17-8-20-22/h3-11H,1-2H3,(H,18,19,21,23). The molecule has 0 aliphatic rings. The molecule has 0 aliphatic carbocycles. The van der Waals surface area contributed by atoms with Gasteiger partial charge < -0.3 is 14.8 Å². The monoisotopic (exact) mass is 340 g/mol. The maximum atomic E-state index is 12.3. The van der Waals surface area contributed by atoms with Gasteiger partial charge >= 0.3 is 0 Å². The molecule has 0 saturated heterocycles. The van der Waals surface area contributed by atoms with E-state index in [4.69, 9.17) is 9.47 Å². The zero-order valence-corrected chi connectivity index (χ0v) is 13.7. The molecule has 0 saturated carbocycles. The molecular weight excluding hydrogens is 324 g/mol. The van der Waals surface area contributed by atoms with Crippen molar-refractivity contribution in [2.24, 2.45) is 0 Å². The number of nitrogens with one attached hydrogen (secondary N) is 1. The average molecular weight is 340 g/mol. The number of aromatic nitrogens is 5. The molecule has 0 fully saturated rings. The van der Waals surface area contributed by atoms with E-state index in [0.717, 1.165) is 0 Å². The molecule has 0 bridgehead atoms. The van der Waals surface area contributed by atoms with Crippen molar-refractivity contribution in [2.45, 2.75) is 13.0 Å². The smallest absolute Gasteiger partial charge is 0.266 e. The summed E-state index contributed by atoms with van der Waals surface area (Å²) in [5.41, 5.74) is 0. The number of benzene rings is 1. The van der Waals surface area contributed by atoms with Crippen LogP contribution in [0.3, 0.4) is 0 Å². The van der Waals surface area contributed by atoms with Crippen LogP contribution in [0.2, 0.25) is 0 Å². The zero-order chi connectivity index (χ0) is 17.6. The van der Waals surface area contributed by atoms with Crippen molar-refractivity contribution in [1.82, 2.24) is 24.7 Å². The molecule has 1 unspecified atom stereocenters. The van der Waals surface area contributed by atoms with Crippen LogP contribution in [0.1, 0.15) is 6.92 Å². The summed E-state index contributed by atoms with van der Waals surface area (Å²) in [5.74, 6) is 1.78. The quantitative estimate of drug-likeness (QED) is 0.724. The van der Waals surface area contributed by atoms with Crippen LogP contribution in [-0.2, 0) is 4.79 Å². The van der Waals surface area contributed by atoms with Crippen molar-refractivity contribution in [3.8, 4) is 17.3 Å². The van der Waals surface area contributed by atoms with Gasteiger partial charge in [-0.05, 0) is 31.2 Å². The number of hydrogen-bond donors (Lipinski definition) is 1. The molecule has 1 amide bonds. The highest BCUT2D eigenvalue weighted by Gasteiger charge is 2.16. The molecule has 1 N–H and O–H groups in total. The molecule has 3 aromatic rings. The maximum absolute atomic E-state index is 12.3. The van der Waals surface area contributed by atoms with Crippen LogP contribution in [0.15, 0.2) is 49.3 Å². The fourth-order valence-electron chi connectivity index (χ4n) is 2.01. The largest absolute Gasteiger partial charge is 0.497 e. The minimum Gasteiger partial charge on any atom is -0.497 e. The topological polar surface area (TPSA) is 104 Å². The molecule has 9 heteroatoms. The van der Waals surface area contributed by atoms with Gasteiger partial charge in [0.2, 0.25) is 0 Å². The van der Waals surface area contributed by atoms with E-state index in [0.29, 0.717) is 23.1 Å². The Morgan fingerprint density at radius 1 is 1.16 bits per heavy atom. The Kier molecular flexibility index (Phi) is 4.84. The summed E-state index contributed by atoms with van der Waals surface area (Å²) in [6.07, 6.45) is 3.52. The lowest BCUT2D eigenvalue weighted by molar-refractivity contribution is -0.122. The number of carbonyl (C=O) groups is 1. The molecule has 2 heterocycles. The number of hydrogen-bond acceptors (Lipinski definition) is 7. The fraction of sp³-hybridized carbons (Fsp3) is 0.188. The first-order chi connectivity index (χ1) is 12.2. The molecule has 9 nitrogen and oxygen atoms in total. The summed E-state index contributed by atoms with van der Waals surface area (Å²) in [4.78, 5) is 24.2. The van der Waals surface area contributed by atoms with E-state index < -0.39 is 6.10 Å². The van der Waals surface area contributed by atoms with Crippen LogP contribution < -0.4 is 14.8 Å². The molecule has 2 aromatic heterocycles. The highest BCUT2D eigenvalue weighted by Crippen LogP contribution is 2.18. The minimum atomic E-state index is -0.710. The normalized spacial score (nSPS) is 11.6. The summed E-state index contributed by atoms with van der Waals surface area (Å²) < 4.78 is 12.2. The van der Waals surface area contributed by atoms with Gasteiger partial charge in [0.1, 0.15) is 36.3 Å². The lowest BCUT2D eigenvalue weighted by atomic mass is 10.3. The van der Waals surface area contributed by atoms with Gasteiger partial charge in [-0.2, -0.15) is 5.10 Å². The van der Waals surface area contributed by atoms with Gasteiger partial charge in [-0.15, -0.1) is 0 Å². The van der Waals surface area contributed by atoms with Crippen molar-refractivity contribution in [2.75, 3.05) is 12.4 Å². The second-order valence-electron chi connectivity index (χ2n) is 5.03. The van der Waals surface area contributed by atoms with E-state index >= 15 is 0 Å².